The molecule has 7 nitrogen and oxygen atoms in total. The molecule has 2 N–H and O–H groups in total. The van der Waals surface area contributed by atoms with E-state index in [0.29, 0.717) is 23.0 Å². The highest BCUT2D eigenvalue weighted by Crippen LogP contribution is 2.20. The third-order valence-electron chi connectivity index (χ3n) is 4.62. The molecule has 1 amide bonds. The first-order valence-electron chi connectivity index (χ1n) is 8.29. The third-order valence-corrected chi connectivity index (χ3v) is 4.62. The molecule has 1 aromatic heterocycles. The van der Waals surface area contributed by atoms with Crippen molar-refractivity contribution >= 4 is 16.8 Å². The van der Waals surface area contributed by atoms with Gasteiger partial charge >= 0.3 is 5.69 Å². The van der Waals surface area contributed by atoms with E-state index in [1.54, 1.807) is 25.1 Å². The second-order valence-corrected chi connectivity index (χ2v) is 6.09. The number of nitrogens with one attached hydrogen (secondary N) is 2. The van der Waals surface area contributed by atoms with Gasteiger partial charge in [-0.1, -0.05) is 0 Å². The number of rotatable bonds is 4. The number of H-pyrrole nitrogens is 1. The van der Waals surface area contributed by atoms with Gasteiger partial charge in [-0.25, -0.2) is 4.79 Å². The minimum Gasteiger partial charge on any atom is -0.334 e. The second kappa shape index (κ2) is 6.60. The van der Waals surface area contributed by atoms with Crippen molar-refractivity contribution in [3.63, 3.8) is 0 Å². The molecule has 24 heavy (non-hydrogen) atoms. The molecular formula is C17H22N4O3. The van der Waals surface area contributed by atoms with Crippen LogP contribution >= 0.6 is 0 Å². The summed E-state index contributed by atoms with van der Waals surface area (Å²) in [6.07, 6.45) is 1.97. The molecule has 0 bridgehead atoms. The molecule has 0 radical (unpaired) electrons. The molecule has 1 fully saturated rings. The molecule has 2 heterocycles. The number of likely N-dealkylation sites (tertiary alicyclic amines) is 1. The molecule has 0 aliphatic carbocycles. The van der Waals surface area contributed by atoms with E-state index in [1.165, 1.54) is 0 Å². The predicted octanol–water partition coefficient (Wildman–Crippen LogP) is 0.534. The maximum absolute atomic E-state index is 12.8. The third kappa shape index (κ3) is 2.75. The fourth-order valence-electron chi connectivity index (χ4n) is 3.39. The maximum Gasteiger partial charge on any atom is 0.328 e. The molecule has 1 unspecified atom stereocenters. The van der Waals surface area contributed by atoms with Crippen LogP contribution in [0.4, 0.5) is 0 Å². The highest BCUT2D eigenvalue weighted by atomic mass is 16.2. The fourth-order valence-corrected chi connectivity index (χ4v) is 3.39. The van der Waals surface area contributed by atoms with Gasteiger partial charge in [0.15, 0.2) is 0 Å². The van der Waals surface area contributed by atoms with E-state index in [9.17, 15) is 14.4 Å². The Kier molecular flexibility index (Phi) is 4.53. The van der Waals surface area contributed by atoms with Crippen molar-refractivity contribution in [2.24, 2.45) is 0 Å². The zero-order valence-corrected chi connectivity index (χ0v) is 14.0. The minimum atomic E-state index is -0.450. The highest BCUT2D eigenvalue weighted by molar-refractivity contribution is 5.98. The number of carbonyl (C=O) groups excluding carboxylic acids is 1. The van der Waals surface area contributed by atoms with Crippen molar-refractivity contribution in [3.05, 3.63) is 44.6 Å². The summed E-state index contributed by atoms with van der Waals surface area (Å²) >= 11 is 0. The van der Waals surface area contributed by atoms with Crippen LogP contribution < -0.4 is 16.6 Å². The van der Waals surface area contributed by atoms with Crippen LogP contribution in [0.1, 0.15) is 30.1 Å². The molecule has 1 aromatic carbocycles. The molecule has 1 atom stereocenters. The second-order valence-electron chi connectivity index (χ2n) is 6.09. The summed E-state index contributed by atoms with van der Waals surface area (Å²) in [7, 11) is 1.88. The SMILES string of the molecule is CCn1c(=O)[nH]c2cc(C(=O)N3CCCC3CNC)ccc2c1=O. The lowest BCUT2D eigenvalue weighted by Gasteiger charge is -2.24. The molecule has 0 spiro atoms. The lowest BCUT2D eigenvalue weighted by molar-refractivity contribution is 0.0737. The molecule has 3 rings (SSSR count). The number of aromatic nitrogens is 2. The smallest absolute Gasteiger partial charge is 0.328 e. The van der Waals surface area contributed by atoms with Crippen LogP contribution in [0.25, 0.3) is 10.9 Å². The van der Waals surface area contributed by atoms with E-state index in [-0.39, 0.29) is 17.5 Å². The maximum atomic E-state index is 12.8. The van der Waals surface area contributed by atoms with E-state index in [1.807, 2.05) is 11.9 Å². The van der Waals surface area contributed by atoms with Crippen molar-refractivity contribution in [2.45, 2.75) is 32.4 Å². The molecule has 1 aliphatic heterocycles. The summed E-state index contributed by atoms with van der Waals surface area (Å²) in [5.74, 6) is -0.0600. The Hall–Kier alpha value is -2.41. The van der Waals surface area contributed by atoms with Gasteiger partial charge in [-0.2, -0.15) is 0 Å². The van der Waals surface area contributed by atoms with Gasteiger partial charge in [0.05, 0.1) is 10.9 Å². The molecule has 128 valence electrons. The van der Waals surface area contributed by atoms with Gasteiger partial charge in [-0.05, 0) is 45.0 Å². The summed E-state index contributed by atoms with van der Waals surface area (Å²) in [6.45, 7) is 3.55. The van der Waals surface area contributed by atoms with Gasteiger partial charge in [-0.3, -0.25) is 14.2 Å². The quantitative estimate of drug-likeness (QED) is 0.856. The minimum absolute atomic E-state index is 0.0600. The Morgan fingerprint density at radius 3 is 2.88 bits per heavy atom. The lowest BCUT2D eigenvalue weighted by atomic mass is 10.1. The predicted molar refractivity (Wildman–Crippen MR) is 92.5 cm³/mol. The van der Waals surface area contributed by atoms with E-state index >= 15 is 0 Å². The molecule has 1 aliphatic rings. The Morgan fingerprint density at radius 1 is 1.38 bits per heavy atom. The molecule has 0 saturated carbocycles. The van der Waals surface area contributed by atoms with E-state index in [2.05, 4.69) is 10.3 Å². The number of benzene rings is 1. The van der Waals surface area contributed by atoms with Crippen LogP contribution in [0.3, 0.4) is 0 Å². The summed E-state index contributed by atoms with van der Waals surface area (Å²) in [5.41, 5.74) is 0.123. The number of hydrogen-bond donors (Lipinski definition) is 2. The van der Waals surface area contributed by atoms with Crippen molar-refractivity contribution in [1.82, 2.24) is 19.8 Å². The molecule has 2 aromatic rings. The normalized spacial score (nSPS) is 17.6. The zero-order chi connectivity index (χ0) is 17.3. The number of carbonyl (C=O) groups is 1. The zero-order valence-electron chi connectivity index (χ0n) is 14.0. The molecule has 1 saturated heterocycles. The van der Waals surface area contributed by atoms with Crippen LogP contribution in [0.5, 0.6) is 0 Å². The molecule has 7 heteroatoms. The van der Waals surface area contributed by atoms with E-state index in [4.69, 9.17) is 0 Å². The Morgan fingerprint density at radius 2 is 2.17 bits per heavy atom. The fraction of sp³-hybridized carbons (Fsp3) is 0.471. The first-order chi connectivity index (χ1) is 11.6. The summed E-state index contributed by atoms with van der Waals surface area (Å²) in [4.78, 5) is 41.6. The van der Waals surface area contributed by atoms with Gasteiger partial charge in [0, 0.05) is 31.2 Å². The van der Waals surface area contributed by atoms with Gasteiger partial charge < -0.3 is 15.2 Å². The van der Waals surface area contributed by atoms with Gasteiger partial charge in [0.25, 0.3) is 11.5 Å². The van der Waals surface area contributed by atoms with Crippen molar-refractivity contribution in [3.8, 4) is 0 Å². The number of hydrogen-bond acceptors (Lipinski definition) is 4. The average molecular weight is 330 g/mol. The topological polar surface area (TPSA) is 87.2 Å². The summed E-state index contributed by atoms with van der Waals surface area (Å²) in [6, 6.07) is 5.08. The largest absolute Gasteiger partial charge is 0.334 e. The standard InChI is InChI=1S/C17H22N4O3/c1-3-20-16(23)13-7-6-11(9-14(13)19-17(20)24)15(22)21-8-4-5-12(21)10-18-2/h6-7,9,12,18H,3-5,8,10H2,1-2H3,(H,19,24). The number of likely N-dealkylation sites (N-methyl/N-ethyl adjacent to an activating group) is 1. The summed E-state index contributed by atoms with van der Waals surface area (Å²) in [5, 5.41) is 3.54. The van der Waals surface area contributed by atoms with Gasteiger partial charge in [0.2, 0.25) is 0 Å². The van der Waals surface area contributed by atoms with Gasteiger partial charge in [-0.15, -0.1) is 0 Å². The number of aromatic amines is 1. The van der Waals surface area contributed by atoms with Crippen LogP contribution in [-0.2, 0) is 6.54 Å². The monoisotopic (exact) mass is 330 g/mol. The first kappa shape index (κ1) is 16.4. The summed E-state index contributed by atoms with van der Waals surface area (Å²) < 4.78 is 1.15. The van der Waals surface area contributed by atoms with Gasteiger partial charge in [0.1, 0.15) is 0 Å². The Balaban J connectivity index is 2.00. The van der Waals surface area contributed by atoms with Crippen LogP contribution in [-0.4, -0.2) is 46.5 Å². The Bertz CT molecular complexity index is 884. The number of amides is 1. The first-order valence-corrected chi connectivity index (χ1v) is 8.29. The van der Waals surface area contributed by atoms with Crippen LogP contribution in [0, 0.1) is 0 Å². The van der Waals surface area contributed by atoms with Crippen molar-refractivity contribution in [2.75, 3.05) is 20.1 Å². The number of nitrogens with zero attached hydrogens (tertiary/aromatic N) is 2. The lowest BCUT2D eigenvalue weighted by Crippen LogP contribution is -2.41. The highest BCUT2D eigenvalue weighted by Gasteiger charge is 2.29. The average Bonchev–Trinajstić information content (AvgIpc) is 3.02. The van der Waals surface area contributed by atoms with Crippen molar-refractivity contribution in [1.29, 1.82) is 0 Å². The van der Waals surface area contributed by atoms with Crippen LogP contribution in [0.2, 0.25) is 0 Å². The number of fused-ring (bicyclic) bond motifs is 1. The van der Waals surface area contributed by atoms with E-state index in [0.717, 1.165) is 30.5 Å². The van der Waals surface area contributed by atoms with Crippen molar-refractivity contribution < 1.29 is 4.79 Å². The Labute approximate surface area is 139 Å². The van der Waals surface area contributed by atoms with Crippen LogP contribution in [0.15, 0.2) is 27.8 Å². The van der Waals surface area contributed by atoms with E-state index < -0.39 is 5.69 Å². The molecular weight excluding hydrogens is 308 g/mol.